The summed E-state index contributed by atoms with van der Waals surface area (Å²) in [6.45, 7) is 4.54. The van der Waals surface area contributed by atoms with Gasteiger partial charge in [0.1, 0.15) is 17.4 Å². The Morgan fingerprint density at radius 1 is 1.19 bits per heavy atom. The summed E-state index contributed by atoms with van der Waals surface area (Å²) in [7, 11) is 1.60. The molecule has 1 aliphatic carbocycles. The molecule has 1 aromatic carbocycles. The van der Waals surface area contributed by atoms with Crippen molar-refractivity contribution in [2.24, 2.45) is 5.92 Å². The highest BCUT2D eigenvalue weighted by Gasteiger charge is 2.43. The first-order valence-corrected chi connectivity index (χ1v) is 11.5. The number of aliphatic hydroxyl groups is 1. The van der Waals surface area contributed by atoms with Gasteiger partial charge in [-0.05, 0) is 60.9 Å². The number of fused-ring (bicyclic) bond motifs is 1. The van der Waals surface area contributed by atoms with E-state index in [0.29, 0.717) is 18.7 Å². The molecule has 1 fully saturated rings. The number of rotatable bonds is 8. The number of hydrogen-bond donors (Lipinski definition) is 3. The maximum atomic E-state index is 14.1. The standard InChI is InChI=1S/C26H34FN3O2/c1-25(2,21-14-20(27)9-10-23(21)32-3)16-26(31,19-7-5-4-6-8-19)17-29-24-13-18-11-12-28-15-22(18)30-24/h9-15,19,29-31H,4-8,16-17H2,1-3H3. The molecule has 4 rings (SSSR count). The Balaban J connectivity index is 1.61. The van der Waals surface area contributed by atoms with Gasteiger partial charge in [-0.15, -0.1) is 0 Å². The summed E-state index contributed by atoms with van der Waals surface area (Å²) in [4.78, 5) is 7.50. The van der Waals surface area contributed by atoms with Crippen LogP contribution < -0.4 is 10.1 Å². The van der Waals surface area contributed by atoms with Crippen LogP contribution in [0.15, 0.2) is 42.7 Å². The number of hydrogen-bond acceptors (Lipinski definition) is 4. The quantitative estimate of drug-likeness (QED) is 0.415. The predicted molar refractivity (Wildman–Crippen MR) is 127 cm³/mol. The van der Waals surface area contributed by atoms with Gasteiger partial charge < -0.3 is 20.1 Å². The molecule has 3 aromatic rings. The van der Waals surface area contributed by atoms with E-state index in [0.717, 1.165) is 48.0 Å². The van der Waals surface area contributed by atoms with Gasteiger partial charge in [-0.2, -0.15) is 0 Å². The van der Waals surface area contributed by atoms with Crippen LogP contribution in [0.25, 0.3) is 10.9 Å². The minimum absolute atomic E-state index is 0.189. The highest BCUT2D eigenvalue weighted by atomic mass is 19.1. The summed E-state index contributed by atoms with van der Waals surface area (Å²) in [6, 6.07) is 8.63. The van der Waals surface area contributed by atoms with E-state index in [4.69, 9.17) is 4.74 Å². The third-order valence-corrected chi connectivity index (χ3v) is 7.01. The first-order valence-electron chi connectivity index (χ1n) is 11.5. The molecule has 0 saturated heterocycles. The molecule has 32 heavy (non-hydrogen) atoms. The third kappa shape index (κ3) is 4.75. The maximum Gasteiger partial charge on any atom is 0.123 e. The molecule has 0 radical (unpaired) electrons. The summed E-state index contributed by atoms with van der Waals surface area (Å²) in [5.74, 6) is 1.41. The number of pyridine rings is 1. The first-order chi connectivity index (χ1) is 15.3. The molecule has 3 N–H and O–H groups in total. The summed E-state index contributed by atoms with van der Waals surface area (Å²) >= 11 is 0. The van der Waals surface area contributed by atoms with E-state index >= 15 is 0 Å². The summed E-state index contributed by atoms with van der Waals surface area (Å²) < 4.78 is 19.7. The second-order valence-electron chi connectivity index (χ2n) is 9.84. The van der Waals surface area contributed by atoms with Crippen molar-refractivity contribution in [1.29, 1.82) is 0 Å². The van der Waals surface area contributed by atoms with Crippen LogP contribution in [0.4, 0.5) is 10.2 Å². The van der Waals surface area contributed by atoms with Gasteiger partial charge >= 0.3 is 0 Å². The Kier molecular flexibility index (Phi) is 6.42. The zero-order chi connectivity index (χ0) is 22.8. The van der Waals surface area contributed by atoms with Crippen LogP contribution in [-0.4, -0.2) is 34.3 Å². The van der Waals surface area contributed by atoms with Crippen molar-refractivity contribution < 1.29 is 14.2 Å². The number of halogens is 1. The van der Waals surface area contributed by atoms with Crippen molar-refractivity contribution in [1.82, 2.24) is 9.97 Å². The van der Waals surface area contributed by atoms with Crippen LogP contribution >= 0.6 is 0 Å². The number of aromatic amines is 1. The second-order valence-corrected chi connectivity index (χ2v) is 9.84. The molecule has 1 atom stereocenters. The Morgan fingerprint density at radius 3 is 2.69 bits per heavy atom. The number of benzene rings is 1. The zero-order valence-corrected chi connectivity index (χ0v) is 19.2. The lowest BCUT2D eigenvalue weighted by atomic mass is 9.67. The number of methoxy groups -OCH3 is 1. The minimum Gasteiger partial charge on any atom is -0.496 e. The summed E-state index contributed by atoms with van der Waals surface area (Å²) in [5.41, 5.74) is 0.314. The highest BCUT2D eigenvalue weighted by molar-refractivity contribution is 5.82. The number of nitrogens with zero attached hydrogens (tertiary/aromatic N) is 1. The summed E-state index contributed by atoms with van der Waals surface area (Å²) in [5, 5.41) is 16.6. The maximum absolute atomic E-state index is 14.1. The molecule has 0 aliphatic heterocycles. The van der Waals surface area contributed by atoms with Gasteiger partial charge in [0.05, 0.1) is 24.4 Å². The van der Waals surface area contributed by atoms with Crippen molar-refractivity contribution in [3.63, 3.8) is 0 Å². The smallest absolute Gasteiger partial charge is 0.123 e. The second kappa shape index (κ2) is 9.10. The van der Waals surface area contributed by atoms with Crippen molar-refractivity contribution in [2.45, 2.75) is 63.4 Å². The Bertz CT molecular complexity index is 1030. The molecule has 0 spiro atoms. The van der Waals surface area contributed by atoms with Gasteiger partial charge in [-0.25, -0.2) is 4.39 Å². The Labute approximate surface area is 189 Å². The van der Waals surface area contributed by atoms with E-state index < -0.39 is 11.0 Å². The van der Waals surface area contributed by atoms with Crippen molar-refractivity contribution >= 4 is 16.7 Å². The number of anilines is 1. The molecule has 2 aromatic heterocycles. The van der Waals surface area contributed by atoms with Gasteiger partial charge in [0.15, 0.2) is 0 Å². The summed E-state index contributed by atoms with van der Waals surface area (Å²) in [6.07, 6.45) is 9.57. The fraction of sp³-hybridized carbons (Fsp3) is 0.500. The van der Waals surface area contributed by atoms with E-state index in [2.05, 4.69) is 29.1 Å². The first kappa shape index (κ1) is 22.6. The average molecular weight is 440 g/mol. The van der Waals surface area contributed by atoms with Crippen molar-refractivity contribution in [2.75, 3.05) is 19.0 Å². The molecular formula is C26H34FN3O2. The largest absolute Gasteiger partial charge is 0.496 e. The Hall–Kier alpha value is -2.60. The normalized spacial score (nSPS) is 17.3. The molecule has 2 heterocycles. The fourth-order valence-corrected chi connectivity index (χ4v) is 5.38. The van der Waals surface area contributed by atoms with E-state index in [-0.39, 0.29) is 11.7 Å². The van der Waals surface area contributed by atoms with Crippen molar-refractivity contribution in [3.8, 4) is 5.75 Å². The average Bonchev–Trinajstić information content (AvgIpc) is 3.21. The van der Waals surface area contributed by atoms with Crippen LogP contribution in [0.5, 0.6) is 5.75 Å². The van der Waals surface area contributed by atoms with Gasteiger partial charge in [0.25, 0.3) is 0 Å². The van der Waals surface area contributed by atoms with E-state index in [1.165, 1.54) is 18.6 Å². The van der Waals surface area contributed by atoms with E-state index in [9.17, 15) is 9.50 Å². The zero-order valence-electron chi connectivity index (χ0n) is 19.2. The third-order valence-electron chi connectivity index (χ3n) is 7.01. The molecule has 1 unspecified atom stereocenters. The molecule has 0 bridgehead atoms. The van der Waals surface area contributed by atoms with Gasteiger partial charge in [-0.1, -0.05) is 33.1 Å². The van der Waals surface area contributed by atoms with Crippen LogP contribution in [0, 0.1) is 11.7 Å². The SMILES string of the molecule is COc1ccc(F)cc1C(C)(C)CC(O)(CNc1cc2ccncc2[nH]1)C1CCCCC1. The van der Waals surface area contributed by atoms with E-state index in [1.807, 2.05) is 12.1 Å². The minimum atomic E-state index is -0.948. The fourth-order valence-electron chi connectivity index (χ4n) is 5.38. The molecular weight excluding hydrogens is 405 g/mol. The lowest BCUT2D eigenvalue weighted by Crippen LogP contribution is -2.49. The molecule has 0 amide bonds. The lowest BCUT2D eigenvalue weighted by molar-refractivity contribution is -0.0427. The molecule has 172 valence electrons. The van der Waals surface area contributed by atoms with E-state index in [1.54, 1.807) is 25.6 Å². The number of H-pyrrole nitrogens is 1. The Morgan fingerprint density at radius 2 is 1.97 bits per heavy atom. The lowest BCUT2D eigenvalue weighted by Gasteiger charge is -2.43. The predicted octanol–water partition coefficient (Wildman–Crippen LogP) is 5.80. The monoisotopic (exact) mass is 439 g/mol. The highest BCUT2D eigenvalue weighted by Crippen LogP contribution is 2.43. The topological polar surface area (TPSA) is 70.2 Å². The van der Waals surface area contributed by atoms with Gasteiger partial charge in [0.2, 0.25) is 0 Å². The van der Waals surface area contributed by atoms with Gasteiger partial charge in [0, 0.05) is 23.7 Å². The van der Waals surface area contributed by atoms with Crippen LogP contribution in [0.3, 0.4) is 0 Å². The molecule has 1 aliphatic rings. The van der Waals surface area contributed by atoms with Gasteiger partial charge in [-0.3, -0.25) is 4.98 Å². The molecule has 5 nitrogen and oxygen atoms in total. The van der Waals surface area contributed by atoms with Crippen molar-refractivity contribution in [3.05, 3.63) is 54.1 Å². The molecule has 1 saturated carbocycles. The molecule has 6 heteroatoms. The van der Waals surface area contributed by atoms with Crippen LogP contribution in [0.1, 0.15) is 57.9 Å². The number of aromatic nitrogens is 2. The number of nitrogens with one attached hydrogen (secondary N) is 2. The van der Waals surface area contributed by atoms with Crippen LogP contribution in [-0.2, 0) is 5.41 Å². The number of ether oxygens (including phenoxy) is 1. The van der Waals surface area contributed by atoms with Crippen LogP contribution in [0.2, 0.25) is 0 Å².